The maximum absolute atomic E-state index is 11.9. The fourth-order valence-electron chi connectivity index (χ4n) is 2.22. The molecule has 1 aliphatic rings. The van der Waals surface area contributed by atoms with Gasteiger partial charge in [-0.25, -0.2) is 0 Å². The molecule has 1 aromatic heterocycles. The molecular formula is C11H16N4O4. The summed E-state index contributed by atoms with van der Waals surface area (Å²) in [5, 5.41) is 23.8. The van der Waals surface area contributed by atoms with Gasteiger partial charge in [0.05, 0.1) is 4.92 Å². The van der Waals surface area contributed by atoms with Crippen LogP contribution in [0.2, 0.25) is 0 Å². The van der Waals surface area contributed by atoms with Gasteiger partial charge in [0.2, 0.25) is 5.91 Å². The first kappa shape index (κ1) is 13.5. The molecule has 0 aliphatic carbocycles. The molecule has 8 nitrogen and oxygen atoms in total. The van der Waals surface area contributed by atoms with Gasteiger partial charge in [0.15, 0.2) is 0 Å². The molecule has 0 spiro atoms. The largest absolute Gasteiger partial charge is 0.396 e. The molecule has 19 heavy (non-hydrogen) atoms. The fraction of sp³-hybridized carbons (Fsp3) is 0.636. The maximum Gasteiger partial charge on any atom is 0.312 e. The van der Waals surface area contributed by atoms with Gasteiger partial charge in [-0.05, 0) is 13.8 Å². The molecule has 1 aliphatic heterocycles. The summed E-state index contributed by atoms with van der Waals surface area (Å²) in [5.74, 6) is 0.0175. The quantitative estimate of drug-likeness (QED) is 0.605. The number of aliphatic hydroxyl groups excluding tert-OH is 1. The Morgan fingerprint density at radius 2 is 2.16 bits per heavy atom. The Bertz CT molecular complexity index is 519. The minimum atomic E-state index is -0.482. The van der Waals surface area contributed by atoms with Crippen LogP contribution >= 0.6 is 0 Å². The number of likely N-dealkylation sites (tertiary alicyclic amines) is 1. The summed E-state index contributed by atoms with van der Waals surface area (Å²) in [6.07, 6.45) is 0. The highest BCUT2D eigenvalue weighted by atomic mass is 16.6. The summed E-state index contributed by atoms with van der Waals surface area (Å²) < 4.78 is 1.36. The van der Waals surface area contributed by atoms with Crippen LogP contribution in [0.5, 0.6) is 0 Å². The number of carbonyl (C=O) groups excluding carboxylic acids is 1. The average molecular weight is 268 g/mol. The second kappa shape index (κ2) is 4.96. The number of hydrogen-bond acceptors (Lipinski definition) is 5. The van der Waals surface area contributed by atoms with Gasteiger partial charge in [-0.3, -0.25) is 19.6 Å². The second-order valence-corrected chi connectivity index (χ2v) is 4.78. The van der Waals surface area contributed by atoms with Gasteiger partial charge in [-0.15, -0.1) is 0 Å². The molecule has 0 unspecified atom stereocenters. The van der Waals surface area contributed by atoms with Crippen molar-refractivity contribution in [1.29, 1.82) is 0 Å². The van der Waals surface area contributed by atoms with Gasteiger partial charge in [-0.1, -0.05) is 0 Å². The summed E-state index contributed by atoms with van der Waals surface area (Å²) in [4.78, 5) is 23.9. The first-order valence-corrected chi connectivity index (χ1v) is 6.01. The second-order valence-electron chi connectivity index (χ2n) is 4.78. The zero-order chi connectivity index (χ0) is 14.2. The van der Waals surface area contributed by atoms with Gasteiger partial charge >= 0.3 is 5.69 Å². The van der Waals surface area contributed by atoms with Crippen molar-refractivity contribution in [2.45, 2.75) is 20.4 Å². The molecule has 0 aromatic carbocycles. The van der Waals surface area contributed by atoms with E-state index in [1.165, 1.54) is 4.68 Å². The van der Waals surface area contributed by atoms with Crippen molar-refractivity contribution in [3.8, 4) is 0 Å². The molecule has 1 aromatic rings. The van der Waals surface area contributed by atoms with Gasteiger partial charge < -0.3 is 10.0 Å². The molecule has 2 rings (SSSR count). The zero-order valence-electron chi connectivity index (χ0n) is 10.9. The van der Waals surface area contributed by atoms with E-state index in [1.54, 1.807) is 18.7 Å². The number of hydrogen-bond donors (Lipinski definition) is 1. The average Bonchev–Trinajstić information content (AvgIpc) is 2.52. The van der Waals surface area contributed by atoms with E-state index >= 15 is 0 Å². The lowest BCUT2D eigenvalue weighted by atomic mass is 10.0. The van der Waals surface area contributed by atoms with E-state index < -0.39 is 4.92 Å². The van der Waals surface area contributed by atoms with Gasteiger partial charge in [-0.2, -0.15) is 5.10 Å². The van der Waals surface area contributed by atoms with Gasteiger partial charge in [0, 0.05) is 25.6 Å². The normalized spacial score (nSPS) is 15.4. The number of amides is 1. The molecule has 0 bridgehead atoms. The predicted molar refractivity (Wildman–Crippen MR) is 65.5 cm³/mol. The van der Waals surface area contributed by atoms with Crippen LogP contribution < -0.4 is 0 Å². The summed E-state index contributed by atoms with van der Waals surface area (Å²) in [5.41, 5.74) is 0.659. The minimum Gasteiger partial charge on any atom is -0.396 e. The standard InChI is InChI=1S/C11H16N4O4/c1-7-11(15(18)19)8(2)14(12-7)5-10(17)13-3-9(4-13)6-16/h9,16H,3-6H2,1-2H3. The Hall–Kier alpha value is -1.96. The van der Waals surface area contributed by atoms with E-state index in [1.807, 2.05) is 0 Å². The number of aliphatic hydroxyl groups is 1. The highest BCUT2D eigenvalue weighted by Crippen LogP contribution is 2.22. The van der Waals surface area contributed by atoms with Crippen LogP contribution in [-0.4, -0.2) is 50.3 Å². The number of aryl methyl sites for hydroxylation is 1. The molecule has 104 valence electrons. The van der Waals surface area contributed by atoms with E-state index in [0.717, 1.165) is 0 Å². The van der Waals surface area contributed by atoms with Crippen LogP contribution in [-0.2, 0) is 11.3 Å². The molecule has 0 saturated carbocycles. The summed E-state index contributed by atoms with van der Waals surface area (Å²) in [7, 11) is 0. The highest BCUT2D eigenvalue weighted by molar-refractivity contribution is 5.77. The third-order valence-electron chi connectivity index (χ3n) is 3.38. The molecule has 0 radical (unpaired) electrons. The Labute approximate surface area is 109 Å². The molecule has 1 N–H and O–H groups in total. The lowest BCUT2D eigenvalue weighted by Gasteiger charge is -2.38. The third-order valence-corrected chi connectivity index (χ3v) is 3.38. The fourth-order valence-corrected chi connectivity index (χ4v) is 2.22. The molecular weight excluding hydrogens is 252 g/mol. The van der Waals surface area contributed by atoms with Crippen molar-refractivity contribution in [3.05, 3.63) is 21.5 Å². The van der Waals surface area contributed by atoms with Crippen molar-refractivity contribution >= 4 is 11.6 Å². The summed E-state index contributed by atoms with van der Waals surface area (Å²) in [6, 6.07) is 0. The highest BCUT2D eigenvalue weighted by Gasteiger charge is 2.31. The molecule has 1 fully saturated rings. The summed E-state index contributed by atoms with van der Waals surface area (Å²) in [6.45, 7) is 4.29. The van der Waals surface area contributed by atoms with Crippen LogP contribution in [0.15, 0.2) is 0 Å². The molecule has 8 heteroatoms. The predicted octanol–water partition coefficient (Wildman–Crippen LogP) is -0.141. The zero-order valence-corrected chi connectivity index (χ0v) is 10.9. The Morgan fingerprint density at radius 1 is 1.53 bits per heavy atom. The van der Waals surface area contributed by atoms with E-state index in [9.17, 15) is 14.9 Å². The van der Waals surface area contributed by atoms with Crippen molar-refractivity contribution in [3.63, 3.8) is 0 Å². The maximum atomic E-state index is 11.9. The first-order valence-electron chi connectivity index (χ1n) is 6.01. The lowest BCUT2D eigenvalue weighted by molar-refractivity contribution is -0.386. The lowest BCUT2D eigenvalue weighted by Crippen LogP contribution is -2.52. The van der Waals surface area contributed by atoms with E-state index in [-0.39, 0.29) is 30.7 Å². The molecule has 1 amide bonds. The van der Waals surface area contributed by atoms with Crippen LogP contribution in [0.4, 0.5) is 5.69 Å². The number of aromatic nitrogens is 2. The smallest absolute Gasteiger partial charge is 0.312 e. The van der Waals surface area contributed by atoms with E-state index in [0.29, 0.717) is 24.5 Å². The number of rotatable bonds is 4. The van der Waals surface area contributed by atoms with Crippen LogP contribution in [0.3, 0.4) is 0 Å². The van der Waals surface area contributed by atoms with Gasteiger partial charge in [0.25, 0.3) is 0 Å². The van der Waals surface area contributed by atoms with Gasteiger partial charge in [0.1, 0.15) is 17.9 Å². The van der Waals surface area contributed by atoms with Crippen molar-refractivity contribution in [2.75, 3.05) is 19.7 Å². The Balaban J connectivity index is 2.06. The number of nitro groups is 1. The monoisotopic (exact) mass is 268 g/mol. The van der Waals surface area contributed by atoms with Crippen LogP contribution in [0.25, 0.3) is 0 Å². The van der Waals surface area contributed by atoms with Crippen molar-refractivity contribution < 1.29 is 14.8 Å². The Morgan fingerprint density at radius 3 is 2.63 bits per heavy atom. The number of nitrogens with zero attached hydrogens (tertiary/aromatic N) is 4. The molecule has 2 heterocycles. The molecule has 1 saturated heterocycles. The van der Waals surface area contributed by atoms with Crippen LogP contribution in [0.1, 0.15) is 11.4 Å². The van der Waals surface area contributed by atoms with Crippen molar-refractivity contribution in [2.24, 2.45) is 5.92 Å². The van der Waals surface area contributed by atoms with Crippen LogP contribution in [0, 0.1) is 29.9 Å². The topological polar surface area (TPSA) is 102 Å². The first-order chi connectivity index (χ1) is 8.93. The minimum absolute atomic E-state index is 0.00133. The molecule has 0 atom stereocenters. The van der Waals surface area contributed by atoms with Crippen molar-refractivity contribution in [1.82, 2.24) is 14.7 Å². The summed E-state index contributed by atoms with van der Waals surface area (Å²) >= 11 is 0. The number of carbonyl (C=O) groups is 1. The SMILES string of the molecule is Cc1nn(CC(=O)N2CC(CO)C2)c(C)c1[N+](=O)[O-]. The third kappa shape index (κ3) is 2.43. The van der Waals surface area contributed by atoms with E-state index in [4.69, 9.17) is 5.11 Å². The Kier molecular flexibility index (Phi) is 3.52. The van der Waals surface area contributed by atoms with E-state index in [2.05, 4.69) is 5.10 Å².